The molecule has 2 aliphatic heterocycles. The maximum atomic E-state index is 15.9. The van der Waals surface area contributed by atoms with Crippen LogP contribution >= 0.6 is 0 Å². The fraction of sp³-hybridized carbons (Fsp3) is 0.512. The molecule has 2 saturated heterocycles. The van der Waals surface area contributed by atoms with Gasteiger partial charge in [0.1, 0.15) is 29.1 Å². The number of amides is 1. The zero-order chi connectivity index (χ0) is 39.4. The number of rotatable bonds is 12. The van der Waals surface area contributed by atoms with E-state index in [1.807, 2.05) is 0 Å². The molecule has 1 saturated carbocycles. The standard InChI is InChI=1S/C41H49F2N5O6S/c1-40(2,3)54-39(50)47-25-32(48(27-41(26-47)20-21-41)55(51,52)33-9-5-4-6-10-33)16-17-34-30(8-7-11-35(34)43)24-36(49)38(45-46-44)37(29-18-22-53-23-19-29)28-12-14-31(42)15-13-28/h4-15,29,32,37-38H,16-27H2,1-3H3/t32-,37-,38+/m0/s1. The van der Waals surface area contributed by atoms with Gasteiger partial charge in [-0.1, -0.05) is 47.6 Å². The molecule has 11 nitrogen and oxygen atoms in total. The molecule has 0 bridgehead atoms. The van der Waals surface area contributed by atoms with E-state index in [9.17, 15) is 27.9 Å². The lowest BCUT2D eigenvalue weighted by molar-refractivity contribution is -0.120. The highest BCUT2D eigenvalue weighted by atomic mass is 32.2. The number of azide groups is 1. The molecule has 2 heterocycles. The predicted molar refractivity (Wildman–Crippen MR) is 203 cm³/mol. The molecule has 294 valence electrons. The molecule has 1 aliphatic carbocycles. The quantitative estimate of drug-likeness (QED) is 0.104. The Balaban J connectivity index is 1.31. The van der Waals surface area contributed by atoms with Crippen molar-refractivity contribution >= 4 is 21.9 Å². The van der Waals surface area contributed by atoms with Crippen LogP contribution in [0.4, 0.5) is 13.6 Å². The predicted octanol–water partition coefficient (Wildman–Crippen LogP) is 7.99. The summed E-state index contributed by atoms with van der Waals surface area (Å²) in [5.74, 6) is -2.04. The summed E-state index contributed by atoms with van der Waals surface area (Å²) in [6, 6.07) is 16.6. The van der Waals surface area contributed by atoms with Crippen molar-refractivity contribution in [3.63, 3.8) is 0 Å². The highest BCUT2D eigenvalue weighted by molar-refractivity contribution is 7.89. The van der Waals surface area contributed by atoms with Crippen molar-refractivity contribution in [3.8, 4) is 0 Å². The average molecular weight is 778 g/mol. The number of Topliss-reactive ketones (excluding diaryl/α,β-unsaturated/α-hetero) is 1. The summed E-state index contributed by atoms with van der Waals surface area (Å²) < 4.78 is 71.3. The lowest BCUT2D eigenvalue weighted by Gasteiger charge is -2.34. The third kappa shape index (κ3) is 9.72. The van der Waals surface area contributed by atoms with Crippen molar-refractivity contribution in [3.05, 3.63) is 112 Å². The van der Waals surface area contributed by atoms with Gasteiger partial charge in [-0.05, 0) is 118 Å². The Morgan fingerprint density at radius 2 is 1.69 bits per heavy atom. The molecule has 1 amide bonds. The van der Waals surface area contributed by atoms with Crippen LogP contribution in [-0.4, -0.2) is 80.0 Å². The van der Waals surface area contributed by atoms with Gasteiger partial charge in [0.15, 0.2) is 0 Å². The number of hydrogen-bond acceptors (Lipinski definition) is 7. The van der Waals surface area contributed by atoms with Gasteiger partial charge in [-0.2, -0.15) is 4.31 Å². The fourth-order valence-corrected chi connectivity index (χ4v) is 9.82. The van der Waals surface area contributed by atoms with Crippen LogP contribution in [0.2, 0.25) is 0 Å². The van der Waals surface area contributed by atoms with Gasteiger partial charge in [0, 0.05) is 61.6 Å². The molecule has 0 aromatic heterocycles. The first-order valence-corrected chi connectivity index (χ1v) is 20.3. The second-order valence-corrected chi connectivity index (χ2v) is 18.0. The van der Waals surface area contributed by atoms with Crippen LogP contribution in [-0.2, 0) is 37.1 Å². The topological polar surface area (TPSA) is 142 Å². The van der Waals surface area contributed by atoms with Crippen molar-refractivity contribution in [1.29, 1.82) is 0 Å². The number of sulfonamides is 1. The van der Waals surface area contributed by atoms with Crippen LogP contribution in [0.3, 0.4) is 0 Å². The molecule has 6 rings (SSSR count). The minimum Gasteiger partial charge on any atom is -0.444 e. The second-order valence-electron chi connectivity index (χ2n) is 16.1. The number of halogens is 2. The molecule has 55 heavy (non-hydrogen) atoms. The molecule has 1 spiro atoms. The van der Waals surface area contributed by atoms with E-state index < -0.39 is 62.6 Å². The molecular formula is C41H49F2N5O6S. The molecule has 0 unspecified atom stereocenters. The summed E-state index contributed by atoms with van der Waals surface area (Å²) in [5.41, 5.74) is 9.75. The first-order valence-electron chi connectivity index (χ1n) is 18.9. The Morgan fingerprint density at radius 3 is 2.33 bits per heavy atom. The van der Waals surface area contributed by atoms with Crippen LogP contribution in [0.1, 0.15) is 75.5 Å². The first kappa shape index (κ1) is 40.3. The zero-order valence-corrected chi connectivity index (χ0v) is 32.4. The Morgan fingerprint density at radius 1 is 1.00 bits per heavy atom. The van der Waals surface area contributed by atoms with Gasteiger partial charge in [-0.25, -0.2) is 22.0 Å². The van der Waals surface area contributed by atoms with Crippen molar-refractivity contribution in [2.45, 2.75) is 94.2 Å². The highest BCUT2D eigenvalue weighted by Crippen LogP contribution is 2.50. The summed E-state index contributed by atoms with van der Waals surface area (Å²) in [4.78, 5) is 32.6. The number of hydrogen-bond donors (Lipinski definition) is 0. The summed E-state index contributed by atoms with van der Waals surface area (Å²) in [7, 11) is -4.03. The van der Waals surface area contributed by atoms with Crippen LogP contribution in [0.25, 0.3) is 10.4 Å². The van der Waals surface area contributed by atoms with Crippen molar-refractivity contribution in [1.82, 2.24) is 9.21 Å². The molecule has 3 aliphatic rings. The van der Waals surface area contributed by atoms with Crippen molar-refractivity contribution < 1.29 is 36.3 Å². The van der Waals surface area contributed by atoms with Gasteiger partial charge >= 0.3 is 6.09 Å². The maximum Gasteiger partial charge on any atom is 0.410 e. The van der Waals surface area contributed by atoms with Gasteiger partial charge < -0.3 is 14.4 Å². The lowest BCUT2D eigenvalue weighted by Crippen LogP contribution is -2.46. The van der Waals surface area contributed by atoms with E-state index in [1.54, 1.807) is 74.2 Å². The highest BCUT2D eigenvalue weighted by Gasteiger charge is 2.52. The van der Waals surface area contributed by atoms with Crippen LogP contribution in [0, 0.1) is 23.0 Å². The smallest absolute Gasteiger partial charge is 0.410 e. The van der Waals surface area contributed by atoms with Crippen LogP contribution < -0.4 is 0 Å². The van der Waals surface area contributed by atoms with E-state index in [1.165, 1.54) is 28.6 Å². The third-order valence-corrected chi connectivity index (χ3v) is 12.9. The van der Waals surface area contributed by atoms with Gasteiger partial charge in [0.05, 0.1) is 4.90 Å². The monoisotopic (exact) mass is 777 g/mol. The molecule has 14 heteroatoms. The second kappa shape index (κ2) is 16.8. The molecule has 0 radical (unpaired) electrons. The maximum absolute atomic E-state index is 15.9. The molecule has 3 fully saturated rings. The normalized spacial score (nSPS) is 20.2. The number of ketones is 1. The van der Waals surface area contributed by atoms with Crippen LogP contribution in [0.15, 0.2) is 82.8 Å². The van der Waals surface area contributed by atoms with Crippen LogP contribution in [0.5, 0.6) is 0 Å². The van der Waals surface area contributed by atoms with Crippen molar-refractivity contribution in [2.75, 3.05) is 32.8 Å². The lowest BCUT2D eigenvalue weighted by atomic mass is 9.75. The Labute approximate surface area is 321 Å². The zero-order valence-electron chi connectivity index (χ0n) is 31.6. The average Bonchev–Trinajstić information content (AvgIpc) is 3.95. The summed E-state index contributed by atoms with van der Waals surface area (Å²) in [5, 5.41) is 3.99. The van der Waals surface area contributed by atoms with E-state index in [0.29, 0.717) is 43.7 Å². The minimum absolute atomic E-state index is 0.0366. The summed E-state index contributed by atoms with van der Waals surface area (Å²) >= 11 is 0. The largest absolute Gasteiger partial charge is 0.444 e. The third-order valence-electron chi connectivity index (χ3n) is 11.0. The molecule has 3 aromatic carbocycles. The van der Waals surface area contributed by atoms with E-state index in [2.05, 4.69) is 10.0 Å². The minimum atomic E-state index is -4.03. The fourth-order valence-electron chi connectivity index (χ4n) is 8.04. The Bertz CT molecular complexity index is 1990. The molecule has 3 aromatic rings. The van der Waals surface area contributed by atoms with E-state index in [-0.39, 0.29) is 48.7 Å². The summed E-state index contributed by atoms with van der Waals surface area (Å²) in [6.07, 6.45) is 2.14. The number of benzene rings is 3. The van der Waals surface area contributed by atoms with E-state index in [0.717, 1.165) is 12.8 Å². The van der Waals surface area contributed by atoms with Gasteiger partial charge in [0.2, 0.25) is 10.0 Å². The van der Waals surface area contributed by atoms with Gasteiger partial charge in [0.25, 0.3) is 0 Å². The van der Waals surface area contributed by atoms with E-state index >= 15 is 4.39 Å². The number of carbonyl (C=O) groups is 2. The molecule has 3 atom stereocenters. The molecular weight excluding hydrogens is 729 g/mol. The molecule has 0 N–H and O–H groups in total. The van der Waals surface area contributed by atoms with Gasteiger partial charge in [-0.15, -0.1) is 0 Å². The number of ether oxygens (including phenoxy) is 2. The summed E-state index contributed by atoms with van der Waals surface area (Å²) in [6.45, 7) is 6.84. The Kier molecular flexibility index (Phi) is 12.3. The number of nitrogens with zero attached hydrogens (tertiary/aromatic N) is 5. The Hall–Kier alpha value is -4.36. The van der Waals surface area contributed by atoms with Crippen molar-refractivity contribution in [2.24, 2.45) is 16.4 Å². The first-order chi connectivity index (χ1) is 26.2. The van der Waals surface area contributed by atoms with E-state index in [4.69, 9.17) is 9.47 Å². The SMILES string of the molecule is CC(C)(C)OC(=O)N1C[C@H](CCc2c(F)cccc2CC(=O)[C@@H](N=[N+]=[N-])[C@@H](c2ccc(F)cc2)C2CCOCC2)N(S(=O)(=O)c2ccccc2)CC2(CC2)C1. The number of carbonyl (C=O) groups excluding carboxylic acids is 2. The van der Waals surface area contributed by atoms with Gasteiger partial charge in [-0.3, -0.25) is 4.79 Å².